The van der Waals surface area contributed by atoms with Gasteiger partial charge in [0.15, 0.2) is 6.10 Å². The monoisotopic (exact) mass is 396 g/mol. The van der Waals surface area contributed by atoms with Crippen LogP contribution in [0.4, 0.5) is 0 Å². The summed E-state index contributed by atoms with van der Waals surface area (Å²) >= 11 is 0. The topological polar surface area (TPSA) is 102 Å². The number of carbonyl (C=O) groups is 2. The summed E-state index contributed by atoms with van der Waals surface area (Å²) < 4.78 is 36.6. The molecule has 0 aliphatic carbocycles. The first-order valence-corrected chi connectivity index (χ1v) is 10.1. The number of amides is 1. The molecule has 148 valence electrons. The Labute approximate surface area is 159 Å². The molecule has 0 bridgehead atoms. The van der Waals surface area contributed by atoms with Crippen molar-refractivity contribution in [3.05, 3.63) is 29.8 Å². The normalized spacial score (nSPS) is 15.7. The SMILES string of the molecule is CNS(=O)(=O)c1cc(/C=C/C(=O)O[C@@H](C)C(=O)N2CCCC2)ccc1OC. The largest absolute Gasteiger partial charge is 0.495 e. The van der Waals surface area contributed by atoms with Gasteiger partial charge in [0.25, 0.3) is 5.91 Å². The number of methoxy groups -OCH3 is 1. The molecule has 0 saturated carbocycles. The molecule has 1 saturated heterocycles. The average Bonchev–Trinajstić information content (AvgIpc) is 3.20. The standard InChI is InChI=1S/C18H24N2O6S/c1-13(18(22)20-10-4-5-11-20)26-17(21)9-7-14-6-8-15(25-3)16(12-14)27(23,24)19-2/h6-9,12-13,19H,4-5,10-11H2,1-3H3/b9-7+/t13-/m0/s1. The van der Waals surface area contributed by atoms with Gasteiger partial charge in [-0.15, -0.1) is 0 Å². The number of hydrogen-bond donors (Lipinski definition) is 1. The third-order valence-electron chi connectivity index (χ3n) is 4.22. The van der Waals surface area contributed by atoms with Crippen LogP contribution < -0.4 is 9.46 Å². The lowest BCUT2D eigenvalue weighted by Gasteiger charge is -2.19. The van der Waals surface area contributed by atoms with E-state index < -0.39 is 22.1 Å². The zero-order valence-corrected chi connectivity index (χ0v) is 16.4. The van der Waals surface area contributed by atoms with Crippen molar-refractivity contribution in [3.8, 4) is 5.75 Å². The van der Waals surface area contributed by atoms with Gasteiger partial charge < -0.3 is 14.4 Å². The molecule has 0 aromatic heterocycles. The number of benzene rings is 1. The van der Waals surface area contributed by atoms with E-state index in [-0.39, 0.29) is 16.6 Å². The van der Waals surface area contributed by atoms with Crippen molar-refractivity contribution in [2.24, 2.45) is 0 Å². The first-order valence-electron chi connectivity index (χ1n) is 8.57. The Morgan fingerprint density at radius 1 is 1.26 bits per heavy atom. The van der Waals surface area contributed by atoms with Crippen molar-refractivity contribution in [1.29, 1.82) is 0 Å². The van der Waals surface area contributed by atoms with Gasteiger partial charge in [-0.1, -0.05) is 6.07 Å². The Bertz CT molecular complexity index is 828. The summed E-state index contributed by atoms with van der Waals surface area (Å²) in [6.45, 7) is 2.91. The number of carbonyl (C=O) groups excluding carboxylic acids is 2. The predicted octanol–water partition coefficient (Wildman–Crippen LogP) is 1.17. The Morgan fingerprint density at radius 3 is 2.52 bits per heavy atom. The van der Waals surface area contributed by atoms with Crippen LogP contribution in [0.2, 0.25) is 0 Å². The number of ether oxygens (including phenoxy) is 2. The fraction of sp³-hybridized carbons (Fsp3) is 0.444. The molecule has 1 amide bonds. The Morgan fingerprint density at radius 2 is 1.93 bits per heavy atom. The van der Waals surface area contributed by atoms with E-state index in [1.807, 2.05) is 0 Å². The second-order valence-corrected chi connectivity index (χ2v) is 7.92. The van der Waals surface area contributed by atoms with Gasteiger partial charge in [0.1, 0.15) is 10.6 Å². The highest BCUT2D eigenvalue weighted by Crippen LogP contribution is 2.25. The smallest absolute Gasteiger partial charge is 0.331 e. The van der Waals surface area contributed by atoms with E-state index in [0.29, 0.717) is 18.7 Å². The van der Waals surface area contributed by atoms with Crippen LogP contribution in [0.5, 0.6) is 5.75 Å². The van der Waals surface area contributed by atoms with Crippen LogP contribution in [0, 0.1) is 0 Å². The fourth-order valence-electron chi connectivity index (χ4n) is 2.74. The predicted molar refractivity (Wildman–Crippen MR) is 99.6 cm³/mol. The van der Waals surface area contributed by atoms with Gasteiger partial charge in [0.05, 0.1) is 7.11 Å². The second-order valence-electron chi connectivity index (χ2n) is 6.06. The zero-order valence-electron chi connectivity index (χ0n) is 15.6. The van der Waals surface area contributed by atoms with E-state index in [2.05, 4.69) is 4.72 Å². The van der Waals surface area contributed by atoms with Crippen LogP contribution in [0.15, 0.2) is 29.2 Å². The van der Waals surface area contributed by atoms with Crippen molar-refractivity contribution in [1.82, 2.24) is 9.62 Å². The minimum Gasteiger partial charge on any atom is -0.495 e. The number of nitrogens with zero attached hydrogens (tertiary/aromatic N) is 1. The molecule has 9 heteroatoms. The highest BCUT2D eigenvalue weighted by atomic mass is 32.2. The molecule has 1 heterocycles. The fourth-order valence-corrected chi connectivity index (χ4v) is 3.67. The highest BCUT2D eigenvalue weighted by molar-refractivity contribution is 7.89. The van der Waals surface area contributed by atoms with E-state index in [1.54, 1.807) is 11.0 Å². The molecule has 1 aliphatic heterocycles. The lowest BCUT2D eigenvalue weighted by atomic mass is 10.2. The van der Waals surface area contributed by atoms with Crippen LogP contribution in [0.25, 0.3) is 6.08 Å². The quantitative estimate of drug-likeness (QED) is 0.548. The van der Waals surface area contributed by atoms with Crippen molar-refractivity contribution in [2.75, 3.05) is 27.2 Å². The molecule has 0 spiro atoms. The van der Waals surface area contributed by atoms with Gasteiger partial charge in [0.2, 0.25) is 10.0 Å². The van der Waals surface area contributed by atoms with Crippen molar-refractivity contribution in [2.45, 2.75) is 30.8 Å². The van der Waals surface area contributed by atoms with Gasteiger partial charge in [-0.25, -0.2) is 17.9 Å². The van der Waals surface area contributed by atoms with E-state index in [4.69, 9.17) is 9.47 Å². The van der Waals surface area contributed by atoms with Gasteiger partial charge in [-0.05, 0) is 50.6 Å². The van der Waals surface area contributed by atoms with Crippen LogP contribution in [0.3, 0.4) is 0 Å². The molecule has 8 nitrogen and oxygen atoms in total. The second kappa shape index (κ2) is 9.01. The van der Waals surface area contributed by atoms with Crippen LogP contribution in [-0.2, 0) is 24.3 Å². The summed E-state index contributed by atoms with van der Waals surface area (Å²) in [6.07, 6.45) is 3.63. The number of nitrogens with one attached hydrogen (secondary N) is 1. The van der Waals surface area contributed by atoms with E-state index in [9.17, 15) is 18.0 Å². The van der Waals surface area contributed by atoms with Gasteiger partial charge >= 0.3 is 5.97 Å². The molecule has 1 aromatic carbocycles. The van der Waals surface area contributed by atoms with E-state index >= 15 is 0 Å². The summed E-state index contributed by atoms with van der Waals surface area (Å²) in [7, 11) is -1.05. The minimum atomic E-state index is -3.72. The maximum Gasteiger partial charge on any atom is 0.331 e. The number of sulfonamides is 1. The van der Waals surface area contributed by atoms with Crippen molar-refractivity contribution in [3.63, 3.8) is 0 Å². The third kappa shape index (κ3) is 5.30. The van der Waals surface area contributed by atoms with E-state index in [0.717, 1.165) is 18.9 Å². The van der Waals surface area contributed by atoms with Gasteiger partial charge in [-0.3, -0.25) is 4.79 Å². The first-order chi connectivity index (χ1) is 12.8. The highest BCUT2D eigenvalue weighted by Gasteiger charge is 2.25. The Balaban J connectivity index is 2.07. The van der Waals surface area contributed by atoms with Crippen LogP contribution in [0.1, 0.15) is 25.3 Å². The zero-order chi connectivity index (χ0) is 20.0. The van der Waals surface area contributed by atoms with Gasteiger partial charge in [0, 0.05) is 19.2 Å². The molecule has 27 heavy (non-hydrogen) atoms. The summed E-state index contributed by atoms with van der Waals surface area (Å²) in [4.78, 5) is 25.8. The Kier molecular flexibility index (Phi) is 6.98. The number of hydrogen-bond acceptors (Lipinski definition) is 6. The van der Waals surface area contributed by atoms with Crippen LogP contribution >= 0.6 is 0 Å². The summed E-state index contributed by atoms with van der Waals surface area (Å²) in [5.41, 5.74) is 0.472. The van der Waals surface area contributed by atoms with Crippen molar-refractivity contribution >= 4 is 28.0 Å². The molecule has 1 atom stereocenters. The molecular formula is C18H24N2O6S. The first kappa shape index (κ1) is 20.9. The molecule has 0 unspecified atom stereocenters. The number of rotatable bonds is 7. The molecule has 1 aromatic rings. The number of likely N-dealkylation sites (tertiary alicyclic amines) is 1. The molecule has 1 N–H and O–H groups in total. The van der Waals surface area contributed by atoms with Crippen LogP contribution in [-0.4, -0.2) is 58.5 Å². The molecular weight excluding hydrogens is 372 g/mol. The summed E-state index contributed by atoms with van der Waals surface area (Å²) in [5.74, 6) is -0.695. The minimum absolute atomic E-state index is 0.0411. The molecule has 1 fully saturated rings. The summed E-state index contributed by atoms with van der Waals surface area (Å²) in [5, 5.41) is 0. The summed E-state index contributed by atoms with van der Waals surface area (Å²) in [6, 6.07) is 4.48. The maximum atomic E-state index is 12.2. The molecule has 2 rings (SSSR count). The van der Waals surface area contributed by atoms with Gasteiger partial charge in [-0.2, -0.15) is 0 Å². The lowest BCUT2D eigenvalue weighted by molar-refractivity contribution is -0.154. The molecule has 1 aliphatic rings. The third-order valence-corrected chi connectivity index (χ3v) is 5.65. The Hall–Kier alpha value is -2.39. The van der Waals surface area contributed by atoms with E-state index in [1.165, 1.54) is 39.3 Å². The van der Waals surface area contributed by atoms with Crippen molar-refractivity contribution < 1.29 is 27.5 Å². The number of esters is 1. The lowest BCUT2D eigenvalue weighted by Crippen LogP contribution is -2.37. The molecule has 0 radical (unpaired) electrons. The average molecular weight is 396 g/mol. The maximum absolute atomic E-state index is 12.2.